The third kappa shape index (κ3) is 4.88. The second-order valence-corrected chi connectivity index (χ2v) is 6.84. The molecule has 0 spiro atoms. The van der Waals surface area contributed by atoms with Crippen molar-refractivity contribution in [3.8, 4) is 0 Å². The number of hydrogen-bond acceptors (Lipinski definition) is 3. The maximum Gasteiger partial charge on any atom is 0.258 e. The van der Waals surface area contributed by atoms with Crippen molar-refractivity contribution < 1.29 is 14.0 Å². The number of nitrogens with zero attached hydrogens (tertiary/aromatic N) is 1. The summed E-state index contributed by atoms with van der Waals surface area (Å²) in [4.78, 5) is 27.1. The van der Waals surface area contributed by atoms with Crippen LogP contribution in [0.1, 0.15) is 39.1 Å². The van der Waals surface area contributed by atoms with Crippen LogP contribution in [0, 0.1) is 12.7 Å². The highest BCUT2D eigenvalue weighted by molar-refractivity contribution is 6.05. The summed E-state index contributed by atoms with van der Waals surface area (Å²) in [6, 6.07) is 11.3. The topological polar surface area (TPSA) is 61.4 Å². The molecule has 1 unspecified atom stereocenters. The van der Waals surface area contributed by atoms with Crippen LogP contribution in [-0.2, 0) is 0 Å². The zero-order chi connectivity index (χ0) is 19.4. The third-order valence-electron chi connectivity index (χ3n) is 4.97. The van der Waals surface area contributed by atoms with Gasteiger partial charge in [0.2, 0.25) is 0 Å². The van der Waals surface area contributed by atoms with Crippen molar-refractivity contribution in [2.45, 2.75) is 25.8 Å². The number of anilines is 1. The van der Waals surface area contributed by atoms with Crippen molar-refractivity contribution in [2.75, 3.05) is 25.5 Å². The van der Waals surface area contributed by atoms with E-state index < -0.39 is 11.7 Å². The van der Waals surface area contributed by atoms with Crippen molar-refractivity contribution in [1.29, 1.82) is 0 Å². The summed E-state index contributed by atoms with van der Waals surface area (Å²) in [5.41, 5.74) is 1.81. The van der Waals surface area contributed by atoms with E-state index >= 15 is 0 Å². The lowest BCUT2D eigenvalue weighted by Crippen LogP contribution is -2.46. The smallest absolute Gasteiger partial charge is 0.258 e. The molecule has 2 aromatic rings. The largest absolute Gasteiger partial charge is 0.337 e. The second kappa shape index (κ2) is 9.66. The molecule has 0 radical (unpaired) electrons. The lowest BCUT2D eigenvalue weighted by molar-refractivity contribution is 0.0698. The molecule has 2 amide bonds. The van der Waals surface area contributed by atoms with Crippen molar-refractivity contribution in [2.24, 2.45) is 0 Å². The number of rotatable bonds is 4. The number of hydrogen-bond donors (Lipinski definition) is 2. The molecule has 0 aliphatic carbocycles. The van der Waals surface area contributed by atoms with Crippen LogP contribution >= 0.6 is 12.4 Å². The fourth-order valence-corrected chi connectivity index (χ4v) is 3.30. The highest BCUT2D eigenvalue weighted by atomic mass is 35.5. The molecule has 1 heterocycles. The summed E-state index contributed by atoms with van der Waals surface area (Å²) in [6.45, 7) is 3.23. The SMILES string of the molecule is CNC1CCCN(C(=O)c2ccc(C)c(NC(=O)c3ccccc3F)c2)C1.Cl. The number of benzene rings is 2. The molecule has 5 nitrogen and oxygen atoms in total. The minimum absolute atomic E-state index is 0. The van der Waals surface area contributed by atoms with Gasteiger partial charge in [-0.3, -0.25) is 9.59 Å². The van der Waals surface area contributed by atoms with E-state index in [9.17, 15) is 14.0 Å². The Kier molecular flexibility index (Phi) is 7.54. The van der Waals surface area contributed by atoms with E-state index in [0.29, 0.717) is 23.8 Å². The number of likely N-dealkylation sites (tertiary alicyclic amines) is 1. The van der Waals surface area contributed by atoms with Crippen LogP contribution in [0.25, 0.3) is 0 Å². The Bertz CT molecular complexity index is 859. The van der Waals surface area contributed by atoms with Crippen molar-refractivity contribution in [3.05, 3.63) is 65.0 Å². The number of amides is 2. The van der Waals surface area contributed by atoms with Gasteiger partial charge in [-0.05, 0) is 56.6 Å². The summed E-state index contributed by atoms with van der Waals surface area (Å²) in [6.07, 6.45) is 2.01. The molecular weight excluding hydrogens is 381 g/mol. The van der Waals surface area contributed by atoms with E-state index in [1.54, 1.807) is 24.3 Å². The predicted molar refractivity (Wildman–Crippen MR) is 111 cm³/mol. The van der Waals surface area contributed by atoms with Gasteiger partial charge in [-0.15, -0.1) is 12.4 Å². The summed E-state index contributed by atoms with van der Waals surface area (Å²) in [5.74, 6) is -1.17. The predicted octanol–water partition coefficient (Wildman–Crippen LogP) is 3.63. The maximum absolute atomic E-state index is 13.8. The van der Waals surface area contributed by atoms with Gasteiger partial charge >= 0.3 is 0 Å². The average Bonchev–Trinajstić information content (AvgIpc) is 2.69. The highest BCUT2D eigenvalue weighted by Gasteiger charge is 2.24. The molecular formula is C21H25ClFN3O2. The summed E-state index contributed by atoms with van der Waals surface area (Å²) < 4.78 is 13.8. The van der Waals surface area contributed by atoms with Crippen LogP contribution in [0.4, 0.5) is 10.1 Å². The molecule has 1 fully saturated rings. The molecule has 1 atom stereocenters. The number of nitrogens with one attached hydrogen (secondary N) is 2. The normalized spacial score (nSPS) is 16.2. The molecule has 1 saturated heterocycles. The number of carbonyl (C=O) groups is 2. The standard InChI is InChI=1S/C21H24FN3O2.ClH/c1-14-9-10-15(21(27)25-11-5-6-16(13-25)23-2)12-19(14)24-20(26)17-7-3-4-8-18(17)22;/h3-4,7-10,12,16,23H,5-6,11,13H2,1-2H3,(H,24,26);1H. The Labute approximate surface area is 170 Å². The molecule has 3 rings (SSSR count). The molecule has 28 heavy (non-hydrogen) atoms. The Balaban J connectivity index is 0.00000280. The van der Waals surface area contributed by atoms with Crippen LogP contribution in [0.15, 0.2) is 42.5 Å². The van der Waals surface area contributed by atoms with Crippen molar-refractivity contribution in [1.82, 2.24) is 10.2 Å². The molecule has 1 aliphatic rings. The van der Waals surface area contributed by atoms with Gasteiger partial charge in [0.05, 0.1) is 5.56 Å². The zero-order valence-electron chi connectivity index (χ0n) is 16.0. The van der Waals surface area contributed by atoms with Crippen LogP contribution < -0.4 is 10.6 Å². The Morgan fingerprint density at radius 3 is 2.64 bits per heavy atom. The maximum atomic E-state index is 13.8. The number of aryl methyl sites for hydroxylation is 1. The van der Waals surface area contributed by atoms with E-state index in [-0.39, 0.29) is 23.9 Å². The molecule has 0 aromatic heterocycles. The molecule has 2 N–H and O–H groups in total. The number of likely N-dealkylation sites (N-methyl/N-ethyl adjacent to an activating group) is 1. The summed E-state index contributed by atoms with van der Waals surface area (Å²) in [7, 11) is 1.90. The molecule has 0 saturated carbocycles. The van der Waals surface area contributed by atoms with E-state index in [1.807, 2.05) is 18.9 Å². The molecule has 7 heteroatoms. The fraction of sp³-hybridized carbons (Fsp3) is 0.333. The van der Waals surface area contributed by atoms with E-state index in [4.69, 9.17) is 0 Å². The van der Waals surface area contributed by atoms with E-state index in [0.717, 1.165) is 24.9 Å². The lowest BCUT2D eigenvalue weighted by Gasteiger charge is -2.32. The summed E-state index contributed by atoms with van der Waals surface area (Å²) in [5, 5.41) is 5.95. The monoisotopic (exact) mass is 405 g/mol. The van der Waals surface area contributed by atoms with Gasteiger partial charge in [-0.2, -0.15) is 0 Å². The van der Waals surface area contributed by atoms with Crippen LogP contribution in [0.3, 0.4) is 0 Å². The van der Waals surface area contributed by atoms with Gasteiger partial charge in [-0.1, -0.05) is 18.2 Å². The van der Waals surface area contributed by atoms with Gasteiger partial charge in [-0.25, -0.2) is 4.39 Å². The molecule has 2 aromatic carbocycles. The van der Waals surface area contributed by atoms with Crippen molar-refractivity contribution in [3.63, 3.8) is 0 Å². The first-order valence-corrected chi connectivity index (χ1v) is 9.12. The Hall–Kier alpha value is -2.44. The number of halogens is 2. The molecule has 150 valence electrons. The number of piperidine rings is 1. The van der Waals surface area contributed by atoms with Gasteiger partial charge in [0.15, 0.2) is 0 Å². The first kappa shape index (κ1) is 21.9. The summed E-state index contributed by atoms with van der Waals surface area (Å²) >= 11 is 0. The van der Waals surface area contributed by atoms with E-state index in [1.165, 1.54) is 18.2 Å². The van der Waals surface area contributed by atoms with Crippen LogP contribution in [0.5, 0.6) is 0 Å². The first-order valence-electron chi connectivity index (χ1n) is 9.12. The zero-order valence-corrected chi connectivity index (χ0v) is 16.8. The molecule has 0 bridgehead atoms. The van der Waals surface area contributed by atoms with Crippen LogP contribution in [0.2, 0.25) is 0 Å². The van der Waals surface area contributed by atoms with Gasteiger partial charge in [0, 0.05) is 30.4 Å². The van der Waals surface area contributed by atoms with Gasteiger partial charge in [0.1, 0.15) is 5.82 Å². The quantitative estimate of drug-likeness (QED) is 0.816. The molecule has 1 aliphatic heterocycles. The lowest BCUT2D eigenvalue weighted by atomic mass is 10.0. The fourth-order valence-electron chi connectivity index (χ4n) is 3.30. The number of carbonyl (C=O) groups excluding carboxylic acids is 2. The average molecular weight is 406 g/mol. The highest BCUT2D eigenvalue weighted by Crippen LogP contribution is 2.21. The van der Waals surface area contributed by atoms with Gasteiger partial charge in [0.25, 0.3) is 11.8 Å². The second-order valence-electron chi connectivity index (χ2n) is 6.84. The third-order valence-corrected chi connectivity index (χ3v) is 4.97. The van der Waals surface area contributed by atoms with E-state index in [2.05, 4.69) is 10.6 Å². The first-order chi connectivity index (χ1) is 13.0. The Morgan fingerprint density at radius 2 is 1.93 bits per heavy atom. The minimum Gasteiger partial charge on any atom is -0.337 e. The van der Waals surface area contributed by atoms with Gasteiger partial charge < -0.3 is 15.5 Å². The van der Waals surface area contributed by atoms with Crippen molar-refractivity contribution >= 4 is 29.9 Å². The van der Waals surface area contributed by atoms with Crippen LogP contribution in [-0.4, -0.2) is 42.9 Å². The Morgan fingerprint density at radius 1 is 1.18 bits per heavy atom. The minimum atomic E-state index is -0.577.